The van der Waals surface area contributed by atoms with E-state index in [4.69, 9.17) is 0 Å². The highest BCUT2D eigenvalue weighted by Crippen LogP contribution is 2.20. The van der Waals surface area contributed by atoms with Crippen LogP contribution in [-0.4, -0.2) is 23.0 Å². The third-order valence-corrected chi connectivity index (χ3v) is 2.39. The summed E-state index contributed by atoms with van der Waals surface area (Å²) in [7, 11) is 0. The Morgan fingerprint density at radius 1 is 1.50 bits per heavy atom. The molecule has 1 aliphatic rings. The summed E-state index contributed by atoms with van der Waals surface area (Å²) in [5.74, 6) is 0.634. The number of hydrogen-bond donors (Lipinski definition) is 2. The van der Waals surface area contributed by atoms with Gasteiger partial charge >= 0.3 is 0 Å². The van der Waals surface area contributed by atoms with Crippen molar-refractivity contribution >= 4 is 11.7 Å². The summed E-state index contributed by atoms with van der Waals surface area (Å²) in [6.07, 6.45) is 3.89. The number of rotatable bonds is 4. The summed E-state index contributed by atoms with van der Waals surface area (Å²) in [6.45, 7) is 4.05. The van der Waals surface area contributed by atoms with Gasteiger partial charge in [0.15, 0.2) is 0 Å². The summed E-state index contributed by atoms with van der Waals surface area (Å²) in [6, 6.07) is 4.23. The maximum absolute atomic E-state index is 11.9. The van der Waals surface area contributed by atoms with E-state index in [9.17, 15) is 4.79 Å². The molecule has 0 spiro atoms. The van der Waals surface area contributed by atoms with Crippen molar-refractivity contribution in [3.05, 3.63) is 23.9 Å². The van der Waals surface area contributed by atoms with Crippen LogP contribution in [0.5, 0.6) is 0 Å². The maximum Gasteiger partial charge on any atom is 0.255 e. The molecule has 2 N–H and O–H groups in total. The van der Waals surface area contributed by atoms with Crippen molar-refractivity contribution in [3.63, 3.8) is 0 Å². The molecule has 2 rings (SSSR count). The largest absolute Gasteiger partial charge is 0.367 e. The standard InChI is InChI=1S/C12H17N3O/c1-8(2)14-11-10(4-3-7-13-11)12(16)15-9-5-6-9/h3-4,7-9H,5-6H2,1-2H3,(H,13,14)(H,15,16). The quantitative estimate of drug-likeness (QED) is 0.811. The summed E-state index contributed by atoms with van der Waals surface area (Å²) >= 11 is 0. The zero-order valence-corrected chi connectivity index (χ0v) is 9.66. The van der Waals surface area contributed by atoms with Gasteiger partial charge in [-0.2, -0.15) is 0 Å². The molecule has 4 heteroatoms. The van der Waals surface area contributed by atoms with Crippen LogP contribution in [0.4, 0.5) is 5.82 Å². The molecule has 0 bridgehead atoms. The molecule has 1 saturated carbocycles. The van der Waals surface area contributed by atoms with Crippen molar-refractivity contribution in [1.29, 1.82) is 0 Å². The van der Waals surface area contributed by atoms with Gasteiger partial charge in [-0.25, -0.2) is 4.98 Å². The van der Waals surface area contributed by atoms with Gasteiger partial charge in [-0.15, -0.1) is 0 Å². The van der Waals surface area contributed by atoms with Crippen LogP contribution >= 0.6 is 0 Å². The van der Waals surface area contributed by atoms with Crippen molar-refractivity contribution in [2.75, 3.05) is 5.32 Å². The normalized spacial score (nSPS) is 14.9. The molecule has 0 aliphatic heterocycles. The molecule has 1 aromatic rings. The Hall–Kier alpha value is -1.58. The number of nitrogens with one attached hydrogen (secondary N) is 2. The first-order valence-electron chi connectivity index (χ1n) is 5.69. The Morgan fingerprint density at radius 2 is 2.25 bits per heavy atom. The molecule has 1 aromatic heterocycles. The Bertz CT molecular complexity index is 386. The first-order valence-corrected chi connectivity index (χ1v) is 5.69. The molecule has 16 heavy (non-hydrogen) atoms. The van der Waals surface area contributed by atoms with E-state index in [-0.39, 0.29) is 11.9 Å². The molecule has 0 unspecified atom stereocenters. The fourth-order valence-electron chi connectivity index (χ4n) is 1.47. The van der Waals surface area contributed by atoms with Crippen molar-refractivity contribution < 1.29 is 4.79 Å². The van der Waals surface area contributed by atoms with Crippen LogP contribution in [0, 0.1) is 0 Å². The Labute approximate surface area is 95.5 Å². The van der Waals surface area contributed by atoms with Gasteiger partial charge in [0.05, 0.1) is 5.56 Å². The monoisotopic (exact) mass is 219 g/mol. The van der Waals surface area contributed by atoms with Crippen molar-refractivity contribution in [3.8, 4) is 0 Å². The minimum atomic E-state index is -0.0289. The molecule has 1 amide bonds. The highest BCUT2D eigenvalue weighted by Gasteiger charge is 2.25. The first kappa shape index (κ1) is 10.9. The van der Waals surface area contributed by atoms with Crippen LogP contribution in [0.1, 0.15) is 37.0 Å². The first-order chi connectivity index (χ1) is 7.66. The Morgan fingerprint density at radius 3 is 2.88 bits per heavy atom. The van der Waals surface area contributed by atoms with Crippen molar-refractivity contribution in [2.24, 2.45) is 0 Å². The number of amides is 1. The fraction of sp³-hybridized carbons (Fsp3) is 0.500. The van der Waals surface area contributed by atoms with E-state index < -0.39 is 0 Å². The van der Waals surface area contributed by atoms with Gasteiger partial charge in [0.2, 0.25) is 0 Å². The number of carbonyl (C=O) groups is 1. The second-order valence-corrected chi connectivity index (χ2v) is 4.45. The smallest absolute Gasteiger partial charge is 0.255 e. The predicted octanol–water partition coefficient (Wildman–Crippen LogP) is 1.79. The summed E-state index contributed by atoms with van der Waals surface area (Å²) in [5, 5.41) is 6.14. The molecule has 0 aromatic carbocycles. The van der Waals surface area contributed by atoms with E-state index in [1.54, 1.807) is 18.3 Å². The third-order valence-electron chi connectivity index (χ3n) is 2.39. The van der Waals surface area contributed by atoms with Gasteiger partial charge in [0.25, 0.3) is 5.91 Å². The molecular weight excluding hydrogens is 202 g/mol. The second-order valence-electron chi connectivity index (χ2n) is 4.45. The Balaban J connectivity index is 2.13. The van der Waals surface area contributed by atoms with Gasteiger partial charge in [0.1, 0.15) is 5.82 Å². The van der Waals surface area contributed by atoms with Crippen LogP contribution in [0.2, 0.25) is 0 Å². The number of anilines is 1. The van der Waals surface area contributed by atoms with Crippen LogP contribution in [0.15, 0.2) is 18.3 Å². The molecule has 86 valence electrons. The van der Waals surface area contributed by atoms with E-state index >= 15 is 0 Å². The van der Waals surface area contributed by atoms with E-state index in [0.717, 1.165) is 12.8 Å². The van der Waals surface area contributed by atoms with E-state index in [0.29, 0.717) is 17.4 Å². The average molecular weight is 219 g/mol. The molecule has 1 aliphatic carbocycles. The summed E-state index contributed by atoms with van der Waals surface area (Å²) < 4.78 is 0. The molecular formula is C12H17N3O. The Kier molecular flexibility index (Phi) is 3.08. The van der Waals surface area contributed by atoms with E-state index in [2.05, 4.69) is 15.6 Å². The number of carbonyl (C=O) groups excluding carboxylic acids is 1. The van der Waals surface area contributed by atoms with Gasteiger partial charge in [0, 0.05) is 18.3 Å². The van der Waals surface area contributed by atoms with Crippen LogP contribution in [0.25, 0.3) is 0 Å². The van der Waals surface area contributed by atoms with Gasteiger partial charge in [-0.1, -0.05) is 0 Å². The van der Waals surface area contributed by atoms with Crippen LogP contribution in [0.3, 0.4) is 0 Å². The lowest BCUT2D eigenvalue weighted by atomic mass is 10.2. The lowest BCUT2D eigenvalue weighted by Gasteiger charge is -2.13. The minimum Gasteiger partial charge on any atom is -0.367 e. The summed E-state index contributed by atoms with van der Waals surface area (Å²) in [4.78, 5) is 16.1. The third kappa shape index (κ3) is 2.72. The molecule has 1 heterocycles. The number of nitrogens with zero attached hydrogens (tertiary/aromatic N) is 1. The molecule has 4 nitrogen and oxygen atoms in total. The molecule has 0 atom stereocenters. The van der Waals surface area contributed by atoms with Crippen molar-refractivity contribution in [1.82, 2.24) is 10.3 Å². The van der Waals surface area contributed by atoms with Gasteiger partial charge in [-0.3, -0.25) is 4.79 Å². The zero-order valence-electron chi connectivity index (χ0n) is 9.66. The summed E-state index contributed by atoms with van der Waals surface area (Å²) in [5.41, 5.74) is 0.628. The van der Waals surface area contributed by atoms with Crippen molar-refractivity contribution in [2.45, 2.75) is 38.8 Å². The van der Waals surface area contributed by atoms with Crippen LogP contribution in [-0.2, 0) is 0 Å². The lowest BCUT2D eigenvalue weighted by Crippen LogP contribution is -2.27. The minimum absolute atomic E-state index is 0.0289. The SMILES string of the molecule is CC(C)Nc1ncccc1C(=O)NC1CC1. The lowest BCUT2D eigenvalue weighted by molar-refractivity contribution is 0.0951. The van der Waals surface area contributed by atoms with Gasteiger partial charge in [-0.05, 0) is 38.8 Å². The average Bonchev–Trinajstić information content (AvgIpc) is 3.01. The zero-order chi connectivity index (χ0) is 11.5. The highest BCUT2D eigenvalue weighted by molar-refractivity contribution is 5.99. The maximum atomic E-state index is 11.9. The fourth-order valence-corrected chi connectivity index (χ4v) is 1.47. The predicted molar refractivity (Wildman–Crippen MR) is 63.5 cm³/mol. The topological polar surface area (TPSA) is 54.0 Å². The van der Waals surface area contributed by atoms with E-state index in [1.807, 2.05) is 13.8 Å². The number of hydrogen-bond acceptors (Lipinski definition) is 3. The van der Waals surface area contributed by atoms with Crippen LogP contribution < -0.4 is 10.6 Å². The van der Waals surface area contributed by atoms with Gasteiger partial charge < -0.3 is 10.6 Å². The number of aromatic nitrogens is 1. The molecule has 0 saturated heterocycles. The second kappa shape index (κ2) is 4.51. The number of pyridine rings is 1. The molecule has 0 radical (unpaired) electrons. The molecule has 1 fully saturated rings. The highest BCUT2D eigenvalue weighted by atomic mass is 16.1. The van der Waals surface area contributed by atoms with E-state index in [1.165, 1.54) is 0 Å².